The van der Waals surface area contributed by atoms with Gasteiger partial charge in [-0.1, -0.05) is 22.0 Å². The highest BCUT2D eigenvalue weighted by Crippen LogP contribution is 2.36. The SMILES string of the molecule is O=C(COc1ccc(Br)cc1[C@H]1CC(=O)Nc2ncnn21)Nc1cccc(C(F)(F)F)c1. The molecule has 1 aliphatic heterocycles. The molecule has 1 aromatic heterocycles. The van der Waals surface area contributed by atoms with Crippen LogP contribution in [-0.2, 0) is 15.8 Å². The van der Waals surface area contributed by atoms with E-state index in [0.717, 1.165) is 16.6 Å². The van der Waals surface area contributed by atoms with Crippen molar-refractivity contribution in [1.29, 1.82) is 0 Å². The molecule has 2 heterocycles. The monoisotopic (exact) mass is 509 g/mol. The Balaban J connectivity index is 1.51. The summed E-state index contributed by atoms with van der Waals surface area (Å²) in [5.74, 6) is -0.266. The molecule has 166 valence electrons. The summed E-state index contributed by atoms with van der Waals surface area (Å²) in [5.41, 5.74) is -0.279. The number of ether oxygens (including phenoxy) is 1. The summed E-state index contributed by atoms with van der Waals surface area (Å²) in [7, 11) is 0. The van der Waals surface area contributed by atoms with Crippen LogP contribution in [0.4, 0.5) is 24.8 Å². The molecule has 1 atom stereocenters. The first-order chi connectivity index (χ1) is 15.2. The molecule has 0 aliphatic carbocycles. The number of nitrogens with one attached hydrogen (secondary N) is 2. The number of carbonyl (C=O) groups is 2. The molecule has 2 amide bonds. The van der Waals surface area contributed by atoms with Gasteiger partial charge in [-0.3, -0.25) is 14.9 Å². The van der Waals surface area contributed by atoms with Crippen LogP contribution < -0.4 is 15.4 Å². The number of benzene rings is 2. The lowest BCUT2D eigenvalue weighted by Gasteiger charge is -2.25. The number of amides is 2. The minimum atomic E-state index is -4.52. The number of hydrogen-bond acceptors (Lipinski definition) is 5. The van der Waals surface area contributed by atoms with Crippen LogP contribution in [-0.4, -0.2) is 33.2 Å². The highest BCUT2D eigenvalue weighted by Gasteiger charge is 2.31. The van der Waals surface area contributed by atoms with Gasteiger partial charge in [0.15, 0.2) is 6.61 Å². The van der Waals surface area contributed by atoms with E-state index in [9.17, 15) is 22.8 Å². The van der Waals surface area contributed by atoms with Crippen LogP contribution in [0.1, 0.15) is 23.6 Å². The zero-order valence-corrected chi connectivity index (χ0v) is 17.8. The number of nitrogens with zero attached hydrogens (tertiary/aromatic N) is 3. The molecule has 0 saturated heterocycles. The fraction of sp³-hybridized carbons (Fsp3) is 0.200. The van der Waals surface area contributed by atoms with Crippen LogP contribution in [0.5, 0.6) is 5.75 Å². The van der Waals surface area contributed by atoms with E-state index in [1.807, 2.05) is 0 Å². The smallest absolute Gasteiger partial charge is 0.416 e. The molecule has 12 heteroatoms. The van der Waals surface area contributed by atoms with Crippen molar-refractivity contribution in [3.8, 4) is 5.75 Å². The van der Waals surface area contributed by atoms with Gasteiger partial charge in [-0.05, 0) is 36.4 Å². The van der Waals surface area contributed by atoms with Gasteiger partial charge in [-0.25, -0.2) is 4.68 Å². The van der Waals surface area contributed by atoms with E-state index in [2.05, 4.69) is 36.6 Å². The summed E-state index contributed by atoms with van der Waals surface area (Å²) in [6, 6.07) is 8.87. The van der Waals surface area contributed by atoms with Crippen molar-refractivity contribution >= 4 is 39.4 Å². The Bertz CT molecular complexity index is 1180. The Morgan fingerprint density at radius 2 is 2.09 bits per heavy atom. The predicted molar refractivity (Wildman–Crippen MR) is 111 cm³/mol. The highest BCUT2D eigenvalue weighted by molar-refractivity contribution is 9.10. The fourth-order valence-electron chi connectivity index (χ4n) is 3.27. The first-order valence-electron chi connectivity index (χ1n) is 9.29. The molecule has 32 heavy (non-hydrogen) atoms. The van der Waals surface area contributed by atoms with E-state index < -0.39 is 30.3 Å². The molecule has 2 N–H and O–H groups in total. The molecule has 0 spiro atoms. The van der Waals surface area contributed by atoms with E-state index in [-0.39, 0.29) is 18.0 Å². The van der Waals surface area contributed by atoms with Gasteiger partial charge in [0.25, 0.3) is 5.91 Å². The van der Waals surface area contributed by atoms with Crippen LogP contribution in [0.15, 0.2) is 53.3 Å². The number of alkyl halides is 3. The normalized spacial score (nSPS) is 15.6. The molecular weight excluding hydrogens is 495 g/mol. The maximum Gasteiger partial charge on any atom is 0.416 e. The Kier molecular flexibility index (Phi) is 5.87. The lowest BCUT2D eigenvalue weighted by atomic mass is 10.0. The van der Waals surface area contributed by atoms with Crippen LogP contribution in [0.2, 0.25) is 0 Å². The quantitative estimate of drug-likeness (QED) is 0.541. The second-order valence-corrected chi connectivity index (χ2v) is 7.81. The number of halogens is 4. The third kappa shape index (κ3) is 4.74. The Morgan fingerprint density at radius 1 is 1.28 bits per heavy atom. The molecule has 0 unspecified atom stereocenters. The third-order valence-electron chi connectivity index (χ3n) is 4.66. The van der Waals surface area contributed by atoms with Crippen molar-refractivity contribution < 1.29 is 27.5 Å². The van der Waals surface area contributed by atoms with Crippen molar-refractivity contribution in [3.05, 3.63) is 64.4 Å². The Morgan fingerprint density at radius 3 is 2.88 bits per heavy atom. The summed E-state index contributed by atoms with van der Waals surface area (Å²) in [6.45, 7) is -0.450. The lowest BCUT2D eigenvalue weighted by molar-refractivity contribution is -0.137. The molecule has 0 bridgehead atoms. The van der Waals surface area contributed by atoms with Gasteiger partial charge in [0.2, 0.25) is 11.9 Å². The fourth-order valence-corrected chi connectivity index (χ4v) is 3.65. The second kappa shape index (κ2) is 8.61. The van der Waals surface area contributed by atoms with Gasteiger partial charge in [-0.2, -0.15) is 23.3 Å². The van der Waals surface area contributed by atoms with Gasteiger partial charge in [0.1, 0.15) is 12.1 Å². The molecular formula is C20H15BrF3N5O3. The molecule has 3 aromatic rings. The minimum Gasteiger partial charge on any atom is -0.483 e. The van der Waals surface area contributed by atoms with Crippen LogP contribution in [0.25, 0.3) is 0 Å². The van der Waals surface area contributed by atoms with E-state index in [1.165, 1.54) is 18.5 Å². The van der Waals surface area contributed by atoms with Gasteiger partial charge in [0, 0.05) is 15.7 Å². The largest absolute Gasteiger partial charge is 0.483 e. The van der Waals surface area contributed by atoms with Gasteiger partial charge in [-0.15, -0.1) is 0 Å². The summed E-state index contributed by atoms with van der Waals surface area (Å²) >= 11 is 3.38. The zero-order chi connectivity index (χ0) is 22.9. The third-order valence-corrected chi connectivity index (χ3v) is 5.15. The molecule has 8 nitrogen and oxygen atoms in total. The zero-order valence-electron chi connectivity index (χ0n) is 16.2. The molecule has 0 saturated carbocycles. The maximum absolute atomic E-state index is 12.9. The standard InChI is InChI=1S/C20H15BrF3N5O3/c21-12-4-5-16(14(7-12)15-8-17(30)28-19-25-10-26-29(15)19)32-9-18(31)27-13-3-1-2-11(6-13)20(22,23)24/h1-7,10,15H,8-9H2,(H,27,31)(H,25,26,28,30)/t15-/m1/s1. The lowest BCUT2D eigenvalue weighted by Crippen LogP contribution is -2.30. The number of aromatic nitrogens is 3. The minimum absolute atomic E-state index is 0.000614. The van der Waals surface area contributed by atoms with E-state index in [4.69, 9.17) is 4.74 Å². The van der Waals surface area contributed by atoms with Crippen molar-refractivity contribution in [2.24, 2.45) is 0 Å². The number of rotatable bonds is 5. The summed E-state index contributed by atoms with van der Waals surface area (Å²) in [6.07, 6.45) is -3.12. The highest BCUT2D eigenvalue weighted by atomic mass is 79.9. The topological polar surface area (TPSA) is 98.1 Å². The molecule has 0 fully saturated rings. The molecule has 0 radical (unpaired) electrons. The summed E-state index contributed by atoms with van der Waals surface area (Å²) in [4.78, 5) is 28.4. The van der Waals surface area contributed by atoms with Gasteiger partial charge in [0.05, 0.1) is 18.0 Å². The van der Waals surface area contributed by atoms with E-state index in [0.29, 0.717) is 17.3 Å². The average Bonchev–Trinajstić information content (AvgIpc) is 3.20. The number of anilines is 2. The number of carbonyl (C=O) groups excluding carboxylic acids is 2. The van der Waals surface area contributed by atoms with E-state index >= 15 is 0 Å². The molecule has 4 rings (SSSR count). The van der Waals surface area contributed by atoms with Crippen LogP contribution >= 0.6 is 15.9 Å². The van der Waals surface area contributed by atoms with Crippen molar-refractivity contribution in [3.63, 3.8) is 0 Å². The van der Waals surface area contributed by atoms with Crippen molar-refractivity contribution in [1.82, 2.24) is 14.8 Å². The van der Waals surface area contributed by atoms with Crippen LogP contribution in [0.3, 0.4) is 0 Å². The predicted octanol–water partition coefficient (Wildman–Crippen LogP) is 4.01. The molecule has 1 aliphatic rings. The average molecular weight is 510 g/mol. The van der Waals surface area contributed by atoms with Crippen molar-refractivity contribution in [2.75, 3.05) is 17.2 Å². The second-order valence-electron chi connectivity index (χ2n) is 6.89. The van der Waals surface area contributed by atoms with Crippen molar-refractivity contribution in [2.45, 2.75) is 18.6 Å². The maximum atomic E-state index is 12.9. The Hall–Kier alpha value is -3.41. The summed E-state index contributed by atoms with van der Waals surface area (Å²) < 4.78 is 46.5. The molecule has 2 aromatic carbocycles. The van der Waals surface area contributed by atoms with Crippen LogP contribution in [0, 0.1) is 0 Å². The Labute approximate surface area is 187 Å². The van der Waals surface area contributed by atoms with E-state index in [1.54, 1.807) is 22.9 Å². The summed E-state index contributed by atoms with van der Waals surface area (Å²) in [5, 5.41) is 9.16. The van der Waals surface area contributed by atoms with Gasteiger partial charge < -0.3 is 10.1 Å². The van der Waals surface area contributed by atoms with Gasteiger partial charge >= 0.3 is 6.18 Å². The number of fused-ring (bicyclic) bond motifs is 1. The first-order valence-corrected chi connectivity index (χ1v) is 10.1. The first kappa shape index (κ1) is 21.8. The number of hydrogen-bond donors (Lipinski definition) is 2.